The molecule has 0 aromatic heterocycles. The van der Waals surface area contributed by atoms with Gasteiger partial charge in [-0.3, -0.25) is 9.59 Å². The van der Waals surface area contributed by atoms with Gasteiger partial charge in [-0.1, -0.05) is 6.92 Å². The van der Waals surface area contributed by atoms with Crippen molar-refractivity contribution < 1.29 is 24.5 Å². The smallest absolute Gasteiger partial charge is 0.308 e. The topological polar surface area (TPSA) is 87.1 Å². The van der Waals surface area contributed by atoms with Gasteiger partial charge in [0, 0.05) is 18.8 Å². The lowest BCUT2D eigenvalue weighted by Crippen LogP contribution is -2.33. The van der Waals surface area contributed by atoms with Crippen LogP contribution in [0.3, 0.4) is 0 Å². The third-order valence-electron chi connectivity index (χ3n) is 3.02. The first-order valence-electron chi connectivity index (χ1n) is 6.86. The van der Waals surface area contributed by atoms with Crippen LogP contribution in [0.1, 0.15) is 20.3 Å². The van der Waals surface area contributed by atoms with Crippen LogP contribution in [-0.2, 0) is 9.59 Å². The lowest BCUT2D eigenvalue weighted by Gasteiger charge is -2.26. The highest BCUT2D eigenvalue weighted by atomic mass is 16.5. The fraction of sp³-hybridized carbons (Fsp3) is 0.467. The molecule has 0 amide bonds. The van der Waals surface area contributed by atoms with Crippen LogP contribution in [0.25, 0.3) is 0 Å². The summed E-state index contributed by atoms with van der Waals surface area (Å²) in [6.45, 7) is 4.59. The Morgan fingerprint density at radius 1 is 1.24 bits per heavy atom. The van der Waals surface area contributed by atoms with Crippen LogP contribution in [0.2, 0.25) is 0 Å². The first-order valence-corrected chi connectivity index (χ1v) is 6.86. The predicted octanol–water partition coefficient (Wildman–Crippen LogP) is 2.09. The Balaban J connectivity index is 2.82. The first-order chi connectivity index (χ1) is 9.93. The second-order valence-corrected chi connectivity index (χ2v) is 4.76. The molecule has 1 rings (SSSR count). The van der Waals surface area contributed by atoms with Crippen LogP contribution in [0.5, 0.6) is 5.75 Å². The second kappa shape index (κ2) is 8.14. The minimum Gasteiger partial charge on any atom is -0.494 e. The Morgan fingerprint density at radius 2 is 1.86 bits per heavy atom. The number of hydrogen-bond acceptors (Lipinski definition) is 4. The summed E-state index contributed by atoms with van der Waals surface area (Å²) in [4.78, 5) is 23.5. The maximum atomic E-state index is 11.0. The fourth-order valence-corrected chi connectivity index (χ4v) is 1.88. The summed E-state index contributed by atoms with van der Waals surface area (Å²) in [6.07, 6.45) is -0.0421. The second-order valence-electron chi connectivity index (χ2n) is 4.76. The lowest BCUT2D eigenvalue weighted by molar-refractivity contribution is -0.140. The average Bonchev–Trinajstić information content (AvgIpc) is 2.44. The molecule has 1 unspecified atom stereocenters. The molecule has 0 saturated heterocycles. The summed E-state index contributed by atoms with van der Waals surface area (Å²) in [5, 5.41) is 17.8. The van der Waals surface area contributed by atoms with Crippen molar-refractivity contribution in [3.05, 3.63) is 24.3 Å². The number of carboxylic acids is 2. The zero-order chi connectivity index (χ0) is 15.8. The SMILES string of the molecule is CCOc1ccc(N(CCC(=O)O)CC(C)C(=O)O)cc1. The molecule has 21 heavy (non-hydrogen) atoms. The summed E-state index contributed by atoms with van der Waals surface area (Å²) >= 11 is 0. The van der Waals surface area contributed by atoms with E-state index < -0.39 is 17.9 Å². The van der Waals surface area contributed by atoms with Crippen molar-refractivity contribution in [1.82, 2.24) is 0 Å². The molecule has 6 heteroatoms. The van der Waals surface area contributed by atoms with Crippen LogP contribution in [0.15, 0.2) is 24.3 Å². The van der Waals surface area contributed by atoms with Gasteiger partial charge in [-0.15, -0.1) is 0 Å². The third-order valence-corrected chi connectivity index (χ3v) is 3.02. The Labute approximate surface area is 124 Å². The molecule has 1 aromatic rings. The van der Waals surface area contributed by atoms with E-state index in [-0.39, 0.29) is 19.5 Å². The molecule has 0 fully saturated rings. The van der Waals surface area contributed by atoms with Crippen molar-refractivity contribution in [2.45, 2.75) is 20.3 Å². The number of rotatable bonds is 9. The molecular weight excluding hydrogens is 274 g/mol. The van der Waals surface area contributed by atoms with E-state index in [4.69, 9.17) is 14.9 Å². The molecule has 0 aliphatic carbocycles. The van der Waals surface area contributed by atoms with E-state index in [1.165, 1.54) is 0 Å². The largest absolute Gasteiger partial charge is 0.494 e. The molecule has 116 valence electrons. The number of aliphatic carboxylic acids is 2. The third kappa shape index (κ3) is 5.72. The van der Waals surface area contributed by atoms with E-state index >= 15 is 0 Å². The van der Waals surface area contributed by atoms with E-state index in [0.717, 1.165) is 11.4 Å². The highest BCUT2D eigenvalue weighted by Gasteiger charge is 2.17. The highest BCUT2D eigenvalue weighted by Crippen LogP contribution is 2.21. The van der Waals surface area contributed by atoms with E-state index in [1.807, 2.05) is 6.92 Å². The number of benzene rings is 1. The van der Waals surface area contributed by atoms with Crippen molar-refractivity contribution in [3.8, 4) is 5.75 Å². The van der Waals surface area contributed by atoms with E-state index in [9.17, 15) is 9.59 Å². The summed E-state index contributed by atoms with van der Waals surface area (Å²) < 4.78 is 5.35. The quantitative estimate of drug-likeness (QED) is 0.725. The van der Waals surface area contributed by atoms with Gasteiger partial charge >= 0.3 is 11.9 Å². The molecule has 1 atom stereocenters. The zero-order valence-electron chi connectivity index (χ0n) is 12.3. The number of carbonyl (C=O) groups is 2. The van der Waals surface area contributed by atoms with Crippen molar-refractivity contribution in [2.24, 2.45) is 5.92 Å². The predicted molar refractivity (Wildman–Crippen MR) is 78.9 cm³/mol. The van der Waals surface area contributed by atoms with E-state index in [0.29, 0.717) is 6.61 Å². The molecule has 0 spiro atoms. The first kappa shape index (κ1) is 16.8. The van der Waals surface area contributed by atoms with Crippen molar-refractivity contribution >= 4 is 17.6 Å². The number of anilines is 1. The zero-order valence-corrected chi connectivity index (χ0v) is 12.3. The Hall–Kier alpha value is -2.24. The average molecular weight is 295 g/mol. The molecular formula is C15H21NO5. The van der Waals surface area contributed by atoms with Gasteiger partial charge in [0.1, 0.15) is 5.75 Å². The van der Waals surface area contributed by atoms with E-state index in [1.54, 1.807) is 36.1 Å². The van der Waals surface area contributed by atoms with Gasteiger partial charge in [0.15, 0.2) is 0 Å². The number of nitrogens with zero attached hydrogens (tertiary/aromatic N) is 1. The molecule has 0 aliphatic rings. The highest BCUT2D eigenvalue weighted by molar-refractivity contribution is 5.71. The van der Waals surface area contributed by atoms with Gasteiger partial charge in [-0.05, 0) is 31.2 Å². The molecule has 6 nitrogen and oxygen atoms in total. The van der Waals surface area contributed by atoms with Gasteiger partial charge < -0.3 is 19.8 Å². The van der Waals surface area contributed by atoms with Crippen molar-refractivity contribution in [3.63, 3.8) is 0 Å². The van der Waals surface area contributed by atoms with Gasteiger partial charge in [-0.2, -0.15) is 0 Å². The minimum absolute atomic E-state index is 0.0421. The van der Waals surface area contributed by atoms with Crippen LogP contribution < -0.4 is 9.64 Å². The Kier molecular flexibility index (Phi) is 6.52. The fourth-order valence-electron chi connectivity index (χ4n) is 1.88. The van der Waals surface area contributed by atoms with Crippen molar-refractivity contribution in [1.29, 1.82) is 0 Å². The van der Waals surface area contributed by atoms with Gasteiger partial charge in [0.25, 0.3) is 0 Å². The molecule has 2 N–H and O–H groups in total. The number of carboxylic acid groups (broad SMARTS) is 2. The normalized spacial score (nSPS) is 11.7. The van der Waals surface area contributed by atoms with Crippen LogP contribution in [0, 0.1) is 5.92 Å². The van der Waals surface area contributed by atoms with Crippen LogP contribution in [0.4, 0.5) is 5.69 Å². The van der Waals surface area contributed by atoms with Crippen LogP contribution >= 0.6 is 0 Å². The van der Waals surface area contributed by atoms with Gasteiger partial charge in [0.2, 0.25) is 0 Å². The number of hydrogen-bond donors (Lipinski definition) is 2. The summed E-state index contributed by atoms with van der Waals surface area (Å²) in [5.41, 5.74) is 0.785. The standard InChI is InChI=1S/C15H21NO5/c1-3-21-13-6-4-12(5-7-13)16(9-8-14(17)18)10-11(2)15(19)20/h4-7,11H,3,8-10H2,1-2H3,(H,17,18)(H,19,20). The van der Waals surface area contributed by atoms with Crippen molar-refractivity contribution in [2.75, 3.05) is 24.6 Å². The molecule has 0 heterocycles. The summed E-state index contributed by atoms with van der Waals surface area (Å²) in [7, 11) is 0. The number of ether oxygens (including phenoxy) is 1. The maximum Gasteiger partial charge on any atom is 0.308 e. The van der Waals surface area contributed by atoms with Gasteiger partial charge in [0.05, 0.1) is 18.9 Å². The molecule has 0 radical (unpaired) electrons. The lowest BCUT2D eigenvalue weighted by atomic mass is 10.1. The van der Waals surface area contributed by atoms with Crippen LogP contribution in [-0.4, -0.2) is 41.8 Å². The maximum absolute atomic E-state index is 11.0. The molecule has 0 saturated carbocycles. The molecule has 0 aliphatic heterocycles. The van der Waals surface area contributed by atoms with Gasteiger partial charge in [-0.25, -0.2) is 0 Å². The summed E-state index contributed by atoms with van der Waals surface area (Å²) in [5.74, 6) is -1.66. The Bertz CT molecular complexity index is 471. The molecule has 0 bridgehead atoms. The summed E-state index contributed by atoms with van der Waals surface area (Å²) in [6, 6.07) is 7.19. The minimum atomic E-state index is -0.908. The Morgan fingerprint density at radius 3 is 2.33 bits per heavy atom. The molecule has 1 aromatic carbocycles. The monoisotopic (exact) mass is 295 g/mol. The van der Waals surface area contributed by atoms with E-state index in [2.05, 4.69) is 0 Å².